The number of nitrogens with two attached hydrogens (primary N) is 1. The van der Waals surface area contributed by atoms with Crippen LogP contribution < -0.4 is 14.3 Å². The summed E-state index contributed by atoms with van der Waals surface area (Å²) >= 11 is 0. The fourth-order valence-corrected chi connectivity index (χ4v) is 5.39. The molecule has 8 nitrogen and oxygen atoms in total. The van der Waals surface area contributed by atoms with Crippen molar-refractivity contribution in [2.45, 2.75) is 37.2 Å². The van der Waals surface area contributed by atoms with Crippen LogP contribution in [-0.2, 0) is 27.4 Å². The topological polar surface area (TPSA) is 127 Å². The molecule has 0 aliphatic heterocycles. The van der Waals surface area contributed by atoms with Gasteiger partial charge in [-0.15, -0.1) is 0 Å². The van der Waals surface area contributed by atoms with E-state index in [0.717, 1.165) is 16.0 Å². The number of methoxy groups -OCH3 is 1. The first-order valence-electron chi connectivity index (χ1n) is 11.0. The number of nitrogens with zero attached hydrogens (tertiary/aromatic N) is 2. The largest absolute Gasteiger partial charge is 0.744 e. The Morgan fingerprint density at radius 2 is 1.73 bits per heavy atom. The lowest BCUT2D eigenvalue weighted by Gasteiger charge is -2.14. The van der Waals surface area contributed by atoms with Gasteiger partial charge in [-0.2, -0.15) is 0 Å². The van der Waals surface area contributed by atoms with Crippen LogP contribution in [0.2, 0.25) is 0 Å². The fraction of sp³-hybridized carbons (Fsp3) is 0.231. The number of halogens is 1. The highest BCUT2D eigenvalue weighted by atomic mass is 32.2. The Morgan fingerprint density at radius 3 is 2.32 bits per heavy atom. The molecule has 0 aliphatic rings. The first-order chi connectivity index (χ1) is 17.4. The summed E-state index contributed by atoms with van der Waals surface area (Å²) in [7, 11) is -3.23. The Kier molecular flexibility index (Phi) is 8.95. The minimum atomic E-state index is -4.33. The van der Waals surface area contributed by atoms with E-state index in [1.807, 2.05) is 37.4 Å². The van der Waals surface area contributed by atoms with Crippen LogP contribution in [-0.4, -0.2) is 36.3 Å². The van der Waals surface area contributed by atoms with Crippen LogP contribution >= 0.6 is 0 Å². The summed E-state index contributed by atoms with van der Waals surface area (Å²) in [4.78, 5) is 9.21. The molecule has 0 saturated heterocycles. The molecular weight excluding hydrogens is 517 g/mol. The number of hydrogen-bond acceptors (Lipinski definition) is 7. The van der Waals surface area contributed by atoms with Gasteiger partial charge in [0, 0.05) is 12.3 Å². The number of rotatable bonds is 6. The van der Waals surface area contributed by atoms with Gasteiger partial charge in [-0.25, -0.2) is 27.6 Å². The maximum atomic E-state index is 14.0. The van der Waals surface area contributed by atoms with Gasteiger partial charge in [0.05, 0.1) is 38.5 Å². The maximum Gasteiger partial charge on any atom is 0.224 e. The van der Waals surface area contributed by atoms with E-state index < -0.39 is 15.9 Å². The zero-order valence-electron chi connectivity index (χ0n) is 21.1. The van der Waals surface area contributed by atoms with Crippen molar-refractivity contribution in [3.05, 3.63) is 82.9 Å². The van der Waals surface area contributed by atoms with Gasteiger partial charge in [-0.3, -0.25) is 0 Å². The maximum absolute atomic E-state index is 14.0. The number of aryl methyl sites for hydroxylation is 3. The van der Waals surface area contributed by atoms with Gasteiger partial charge in [0.1, 0.15) is 23.1 Å². The third-order valence-electron chi connectivity index (χ3n) is 5.37. The molecule has 0 bridgehead atoms. The number of fused-ring (bicyclic) bond motifs is 1. The van der Waals surface area contributed by atoms with E-state index in [2.05, 4.69) is 9.97 Å². The molecule has 4 rings (SSSR count). The van der Waals surface area contributed by atoms with Crippen molar-refractivity contribution in [1.29, 1.82) is 0 Å². The smallest absolute Gasteiger partial charge is 0.224 e. The third kappa shape index (κ3) is 7.09. The molecule has 0 fully saturated rings. The highest BCUT2D eigenvalue weighted by Crippen LogP contribution is 2.28. The van der Waals surface area contributed by atoms with Crippen LogP contribution in [0.4, 0.5) is 4.39 Å². The van der Waals surface area contributed by atoms with Crippen LogP contribution in [0.3, 0.4) is 0 Å². The molecule has 37 heavy (non-hydrogen) atoms. The number of aromatic nitrogens is 2. The second kappa shape index (κ2) is 11.8. The van der Waals surface area contributed by atoms with Gasteiger partial charge in [0.15, 0.2) is 11.6 Å². The Morgan fingerprint density at radius 1 is 1.05 bits per heavy atom. The van der Waals surface area contributed by atoms with E-state index in [-0.39, 0.29) is 21.3 Å². The highest BCUT2D eigenvalue weighted by Gasteiger charge is 2.12. The van der Waals surface area contributed by atoms with Crippen LogP contribution in [0.1, 0.15) is 22.3 Å². The van der Waals surface area contributed by atoms with Crippen molar-refractivity contribution in [3.8, 4) is 11.6 Å². The molecule has 1 aromatic heterocycles. The number of ether oxygens (including phenoxy) is 2. The molecule has 2 N–H and O–H groups in total. The van der Waals surface area contributed by atoms with E-state index in [1.165, 1.54) is 25.6 Å². The third-order valence-corrected chi connectivity index (χ3v) is 7.51. The molecular formula is C26H28FN3O5S2. The highest BCUT2D eigenvalue weighted by molar-refractivity contribution is 7.85. The summed E-state index contributed by atoms with van der Waals surface area (Å²) in [6, 6.07) is 14.1. The van der Waals surface area contributed by atoms with Crippen LogP contribution in [0.5, 0.6) is 11.6 Å². The van der Waals surface area contributed by atoms with E-state index in [0.29, 0.717) is 34.5 Å². The van der Waals surface area contributed by atoms with Gasteiger partial charge in [-0.1, -0.05) is 29.8 Å². The summed E-state index contributed by atoms with van der Waals surface area (Å²) in [6.07, 6.45) is 3.34. The lowest BCUT2D eigenvalue weighted by Crippen LogP contribution is -2.33. The Hall–Kier alpha value is -3.41. The van der Waals surface area contributed by atoms with E-state index in [9.17, 15) is 17.4 Å². The van der Waals surface area contributed by atoms with Crippen LogP contribution in [0.15, 0.2) is 64.6 Å². The van der Waals surface area contributed by atoms with Crippen LogP contribution in [0, 0.1) is 26.6 Å². The van der Waals surface area contributed by atoms with Crippen molar-refractivity contribution in [2.75, 3.05) is 13.4 Å². The Balaban J connectivity index is 0.000000248. The van der Waals surface area contributed by atoms with E-state index >= 15 is 0 Å². The monoisotopic (exact) mass is 545 g/mol. The minimum Gasteiger partial charge on any atom is -0.744 e. The molecule has 1 atom stereocenters. The Labute approximate surface area is 218 Å². The molecule has 3 aromatic carbocycles. The summed E-state index contributed by atoms with van der Waals surface area (Å²) in [6.45, 7) is 5.43. The molecule has 1 heterocycles. The number of hydrogen-bond donors (Lipinski definition) is 1. The molecule has 0 radical (unpaired) electrons. The van der Waals surface area contributed by atoms with Crippen molar-refractivity contribution in [2.24, 2.45) is 0 Å². The first kappa shape index (κ1) is 28.2. The first-order valence-corrected chi connectivity index (χ1v) is 14.1. The zero-order chi connectivity index (χ0) is 27.3. The van der Waals surface area contributed by atoms with Crippen molar-refractivity contribution in [1.82, 2.24) is 9.97 Å². The van der Waals surface area contributed by atoms with E-state index in [1.54, 1.807) is 26.0 Å². The van der Waals surface area contributed by atoms with E-state index in [4.69, 9.17) is 14.3 Å². The average Bonchev–Trinajstić information content (AvgIpc) is 2.81. The summed E-state index contributed by atoms with van der Waals surface area (Å²) in [5.41, 5.74) is 3.53. The van der Waals surface area contributed by atoms with Gasteiger partial charge >= 0.3 is 0 Å². The molecule has 196 valence electrons. The van der Waals surface area contributed by atoms with Gasteiger partial charge < -0.3 is 14.0 Å². The summed E-state index contributed by atoms with van der Waals surface area (Å²) in [5, 5.41) is 0.501. The van der Waals surface area contributed by atoms with Gasteiger partial charge in [0.2, 0.25) is 5.88 Å². The molecule has 0 aliphatic carbocycles. The average molecular weight is 546 g/mol. The van der Waals surface area contributed by atoms with Crippen molar-refractivity contribution in [3.63, 3.8) is 0 Å². The lowest BCUT2D eigenvalue weighted by atomic mass is 10.1. The van der Waals surface area contributed by atoms with Crippen molar-refractivity contribution >= 4 is 31.7 Å². The second-order valence-electron chi connectivity index (χ2n) is 8.36. The molecule has 1 unspecified atom stereocenters. The summed E-state index contributed by atoms with van der Waals surface area (Å²) in [5.74, 6) is -0.0159. The molecule has 0 saturated carbocycles. The molecule has 0 spiro atoms. The van der Waals surface area contributed by atoms with Gasteiger partial charge in [0.25, 0.3) is 0 Å². The quantitative estimate of drug-likeness (QED) is 0.368. The van der Waals surface area contributed by atoms with Gasteiger partial charge in [-0.05, 0) is 55.7 Å². The molecule has 11 heteroatoms. The number of benzene rings is 3. The molecule has 4 aromatic rings. The standard InChI is InChI=1S/C17H16FN3O2S.C9H12O3S/c1-22-16-8-15-13(7-14(16)18)17(21-10-20-15)23-9-11-4-3-5-12(6-11)24(2)19;1-6-4-7(2)9(8(3)5-6)13(10,11)12/h3-8,10,19H,9H2,1-2H3;4-5H,1-3H3,(H,10,11,12). The second-order valence-corrected chi connectivity index (χ2v) is 11.3. The normalized spacial score (nSPS) is 12.0. The lowest BCUT2D eigenvalue weighted by molar-refractivity contribution is -0.0750. The predicted molar refractivity (Wildman–Crippen MR) is 139 cm³/mol. The van der Waals surface area contributed by atoms with Crippen LogP contribution in [0.25, 0.3) is 10.9 Å². The van der Waals surface area contributed by atoms with Crippen molar-refractivity contribution < 1.29 is 31.6 Å². The predicted octanol–water partition coefficient (Wildman–Crippen LogP) is 3.42. The zero-order valence-corrected chi connectivity index (χ0v) is 22.7. The summed E-state index contributed by atoms with van der Waals surface area (Å²) < 4.78 is 63.1. The minimum absolute atomic E-state index is 0.0851. The fourth-order valence-electron chi connectivity index (χ4n) is 3.85. The SMILES string of the molecule is COc1cc2ncnc(OCc3cccc(S(C)=[NH2+])c3)c2cc1F.Cc1cc(C)c(S(=O)(=O)[O-])c(C)c1. The molecule has 0 amide bonds. The Bertz CT molecular complexity index is 1550.